The van der Waals surface area contributed by atoms with Crippen LogP contribution in [-0.4, -0.2) is 30.9 Å². The highest BCUT2D eigenvalue weighted by molar-refractivity contribution is 7.99. The van der Waals surface area contributed by atoms with E-state index in [1.165, 1.54) is 11.8 Å². The first-order valence-corrected chi connectivity index (χ1v) is 10.5. The van der Waals surface area contributed by atoms with Gasteiger partial charge in [-0.1, -0.05) is 67.2 Å². The molecule has 2 aromatic carbocycles. The molecule has 0 unspecified atom stereocenters. The van der Waals surface area contributed by atoms with E-state index >= 15 is 0 Å². The van der Waals surface area contributed by atoms with Crippen molar-refractivity contribution in [1.29, 1.82) is 0 Å². The zero-order chi connectivity index (χ0) is 20.4. The van der Waals surface area contributed by atoms with Crippen LogP contribution in [0.5, 0.6) is 0 Å². The number of fused-ring (bicyclic) bond motifs is 1. The van der Waals surface area contributed by atoms with Crippen molar-refractivity contribution in [2.45, 2.75) is 25.0 Å². The molecule has 0 saturated carbocycles. The van der Waals surface area contributed by atoms with Crippen molar-refractivity contribution in [2.75, 3.05) is 5.75 Å². The zero-order valence-electron chi connectivity index (χ0n) is 16.4. The van der Waals surface area contributed by atoms with Crippen LogP contribution in [0.4, 0.5) is 0 Å². The zero-order valence-corrected chi connectivity index (χ0v) is 17.2. The predicted octanol–water partition coefficient (Wildman–Crippen LogP) is 4.12. The number of carbonyl (C=O) groups is 1. The van der Waals surface area contributed by atoms with Gasteiger partial charge in [0.2, 0.25) is 0 Å². The third-order valence-corrected chi connectivity index (χ3v) is 5.91. The maximum absolute atomic E-state index is 13.4. The van der Waals surface area contributed by atoms with E-state index in [1.807, 2.05) is 68.6 Å². The lowest BCUT2D eigenvalue weighted by molar-refractivity contribution is 0.102. The number of carbonyl (C=O) groups excluding carboxylic acids is 1. The van der Waals surface area contributed by atoms with E-state index in [-0.39, 0.29) is 17.2 Å². The first-order chi connectivity index (χ1) is 14.1. The number of H-pyrrole nitrogens is 1. The van der Waals surface area contributed by atoms with Gasteiger partial charge in [0.1, 0.15) is 0 Å². The van der Waals surface area contributed by atoms with E-state index in [4.69, 9.17) is 0 Å². The molecule has 0 spiro atoms. The van der Waals surface area contributed by atoms with Crippen LogP contribution in [-0.2, 0) is 13.6 Å². The molecule has 0 fully saturated rings. The molecule has 4 rings (SSSR count). The maximum Gasteiger partial charge on any atom is 0.343 e. The van der Waals surface area contributed by atoms with Crippen molar-refractivity contribution >= 4 is 28.4 Å². The number of aryl methyl sites for hydroxylation is 1. The van der Waals surface area contributed by atoms with E-state index in [2.05, 4.69) is 14.8 Å². The smallest absolute Gasteiger partial charge is 0.343 e. The fourth-order valence-corrected chi connectivity index (χ4v) is 4.49. The molecular formula is C22H22N4O2S. The van der Waals surface area contributed by atoms with Crippen LogP contribution in [0.3, 0.4) is 0 Å². The number of para-hydroxylation sites is 1. The van der Waals surface area contributed by atoms with Gasteiger partial charge in [-0.2, -0.15) is 0 Å². The number of aromatic amines is 1. The van der Waals surface area contributed by atoms with Crippen molar-refractivity contribution in [3.8, 4) is 11.3 Å². The summed E-state index contributed by atoms with van der Waals surface area (Å²) in [6, 6.07) is 17.9. The second-order valence-electron chi connectivity index (χ2n) is 6.84. The van der Waals surface area contributed by atoms with Gasteiger partial charge in [-0.15, -0.1) is 5.10 Å². The summed E-state index contributed by atoms with van der Waals surface area (Å²) in [6.45, 7) is 2.58. The summed E-state index contributed by atoms with van der Waals surface area (Å²) in [5.74, 6) is 0.228. The lowest BCUT2D eigenvalue weighted by atomic mass is 10.0. The Labute approximate surface area is 172 Å². The predicted molar refractivity (Wildman–Crippen MR) is 117 cm³/mol. The highest BCUT2D eigenvalue weighted by Gasteiger charge is 2.22. The fraction of sp³-hybridized carbons (Fsp3) is 0.227. The standard InChI is InChI=1S/C22H22N4O2S/c1-3-13-26-21(28)23-24-22(26)29-14-18(27)19-16-11-7-8-12-17(16)25(2)20(19)15-9-5-4-6-10-15/h4-12H,3,13-14H2,1-2H3,(H,23,28). The van der Waals surface area contributed by atoms with Crippen LogP contribution < -0.4 is 5.69 Å². The minimum atomic E-state index is -0.239. The number of hydrogen-bond donors (Lipinski definition) is 1. The van der Waals surface area contributed by atoms with Crippen molar-refractivity contribution < 1.29 is 4.79 Å². The van der Waals surface area contributed by atoms with Crippen molar-refractivity contribution in [2.24, 2.45) is 7.05 Å². The normalized spacial score (nSPS) is 11.2. The molecule has 2 heterocycles. The summed E-state index contributed by atoms with van der Waals surface area (Å²) >= 11 is 1.29. The van der Waals surface area contributed by atoms with E-state index < -0.39 is 0 Å². The molecule has 0 amide bonds. The van der Waals surface area contributed by atoms with E-state index in [0.717, 1.165) is 28.6 Å². The number of ketones is 1. The third-order valence-electron chi connectivity index (χ3n) is 4.94. The second-order valence-corrected chi connectivity index (χ2v) is 7.78. The average molecular weight is 407 g/mol. The summed E-state index contributed by atoms with van der Waals surface area (Å²) < 4.78 is 3.66. The Morgan fingerprint density at radius 3 is 2.59 bits per heavy atom. The van der Waals surface area contributed by atoms with E-state index in [9.17, 15) is 9.59 Å². The molecule has 0 aliphatic heterocycles. The number of thioether (sulfide) groups is 1. The molecule has 29 heavy (non-hydrogen) atoms. The number of aromatic nitrogens is 4. The summed E-state index contributed by atoms with van der Waals surface area (Å²) in [5.41, 5.74) is 3.40. The lowest BCUT2D eigenvalue weighted by Crippen LogP contribution is -2.17. The van der Waals surface area contributed by atoms with Crippen LogP contribution in [0.25, 0.3) is 22.2 Å². The van der Waals surface area contributed by atoms with Gasteiger partial charge < -0.3 is 4.57 Å². The summed E-state index contributed by atoms with van der Waals surface area (Å²) in [6.07, 6.45) is 0.822. The molecule has 0 bridgehead atoms. The third kappa shape index (κ3) is 3.53. The number of nitrogens with zero attached hydrogens (tertiary/aromatic N) is 3. The molecule has 6 nitrogen and oxygen atoms in total. The van der Waals surface area contributed by atoms with Gasteiger partial charge in [-0.3, -0.25) is 9.36 Å². The SMILES string of the molecule is CCCn1c(SCC(=O)c2c(-c3ccccc3)n(C)c3ccccc23)n[nH]c1=O. The molecule has 0 aliphatic carbocycles. The largest absolute Gasteiger partial charge is 0.343 e. The molecule has 4 aromatic rings. The second kappa shape index (κ2) is 8.13. The Balaban J connectivity index is 1.74. The van der Waals surface area contributed by atoms with Crippen LogP contribution in [0.1, 0.15) is 23.7 Å². The topological polar surface area (TPSA) is 72.7 Å². The first-order valence-electron chi connectivity index (χ1n) is 9.55. The van der Waals surface area contributed by atoms with Gasteiger partial charge in [0.15, 0.2) is 10.9 Å². The molecule has 0 radical (unpaired) electrons. The van der Waals surface area contributed by atoms with Crippen LogP contribution in [0, 0.1) is 0 Å². The molecular weight excluding hydrogens is 384 g/mol. The summed E-state index contributed by atoms with van der Waals surface area (Å²) in [5, 5.41) is 8.04. The summed E-state index contributed by atoms with van der Waals surface area (Å²) in [7, 11) is 1.99. The Kier molecular flexibility index (Phi) is 5.40. The average Bonchev–Trinajstić information content (AvgIpc) is 3.25. The molecule has 1 N–H and O–H groups in total. The number of benzene rings is 2. The van der Waals surface area contributed by atoms with Crippen molar-refractivity contribution in [3.05, 3.63) is 70.6 Å². The lowest BCUT2D eigenvalue weighted by Gasteiger charge is -2.08. The molecule has 0 saturated heterocycles. The highest BCUT2D eigenvalue weighted by atomic mass is 32.2. The quantitative estimate of drug-likeness (QED) is 0.370. The first kappa shape index (κ1) is 19.3. The van der Waals surface area contributed by atoms with Gasteiger partial charge in [0.25, 0.3) is 0 Å². The molecule has 148 valence electrons. The molecule has 2 aromatic heterocycles. The minimum absolute atomic E-state index is 0.0177. The Hall–Kier alpha value is -3.06. The van der Waals surface area contributed by atoms with Gasteiger partial charge in [0, 0.05) is 24.5 Å². The Bertz CT molecular complexity index is 1220. The van der Waals surface area contributed by atoms with Gasteiger partial charge in [-0.25, -0.2) is 9.89 Å². The van der Waals surface area contributed by atoms with Crippen LogP contribution in [0.2, 0.25) is 0 Å². The van der Waals surface area contributed by atoms with Crippen molar-refractivity contribution in [1.82, 2.24) is 19.3 Å². The number of Topliss-reactive ketones (excluding diaryl/α,β-unsaturated/α-hetero) is 1. The Morgan fingerprint density at radius 2 is 1.83 bits per heavy atom. The van der Waals surface area contributed by atoms with Crippen LogP contribution >= 0.6 is 11.8 Å². The monoisotopic (exact) mass is 406 g/mol. The number of rotatable bonds is 7. The van der Waals surface area contributed by atoms with Crippen LogP contribution in [0.15, 0.2) is 64.5 Å². The van der Waals surface area contributed by atoms with Gasteiger partial charge in [-0.05, 0) is 18.1 Å². The number of hydrogen-bond acceptors (Lipinski definition) is 4. The molecule has 0 atom stereocenters. The Morgan fingerprint density at radius 1 is 1.10 bits per heavy atom. The van der Waals surface area contributed by atoms with E-state index in [0.29, 0.717) is 17.3 Å². The number of nitrogens with one attached hydrogen (secondary N) is 1. The molecule has 7 heteroatoms. The minimum Gasteiger partial charge on any atom is -0.343 e. The van der Waals surface area contributed by atoms with Gasteiger partial charge >= 0.3 is 5.69 Å². The fourth-order valence-electron chi connectivity index (χ4n) is 3.65. The highest BCUT2D eigenvalue weighted by Crippen LogP contribution is 2.34. The van der Waals surface area contributed by atoms with E-state index in [1.54, 1.807) is 4.57 Å². The molecule has 0 aliphatic rings. The maximum atomic E-state index is 13.4. The van der Waals surface area contributed by atoms with Gasteiger partial charge in [0.05, 0.1) is 17.0 Å². The van der Waals surface area contributed by atoms with Crippen molar-refractivity contribution in [3.63, 3.8) is 0 Å². The summed E-state index contributed by atoms with van der Waals surface area (Å²) in [4.78, 5) is 25.3.